The van der Waals surface area contributed by atoms with E-state index in [1.54, 1.807) is 33.8 Å². The van der Waals surface area contributed by atoms with Crippen molar-refractivity contribution < 1.29 is 40.9 Å². The zero-order chi connectivity index (χ0) is 64.3. The van der Waals surface area contributed by atoms with Gasteiger partial charge in [-0.05, 0) is 191 Å². The van der Waals surface area contributed by atoms with Crippen LogP contribution in [0.15, 0.2) is 115 Å². The molecule has 0 saturated carbocycles. The maximum Gasteiger partial charge on any atom is 0.424 e. The molecule has 0 aromatic heterocycles. The molecule has 86 heavy (non-hydrogen) atoms. The maximum atomic E-state index is 13.0. The van der Waals surface area contributed by atoms with E-state index in [1.807, 2.05) is 112 Å². The smallest absolute Gasteiger partial charge is 0.326 e. The van der Waals surface area contributed by atoms with Gasteiger partial charge in [-0.25, -0.2) is 4.57 Å². The Balaban J connectivity index is 0.000000543. The molecule has 0 amide bonds. The van der Waals surface area contributed by atoms with Gasteiger partial charge in [0.05, 0.1) is 33.0 Å². The van der Waals surface area contributed by atoms with E-state index < -0.39 is 29.1 Å². The molecule has 0 aliphatic heterocycles. The fourth-order valence-electron chi connectivity index (χ4n) is 7.80. The van der Waals surface area contributed by atoms with Gasteiger partial charge in [0.25, 0.3) is 14.7 Å². The topological polar surface area (TPSA) is 114 Å². The van der Waals surface area contributed by atoms with Crippen LogP contribution >= 0.6 is 86.7 Å². The highest BCUT2D eigenvalue weighted by Gasteiger charge is 2.29. The lowest BCUT2D eigenvalue weighted by Gasteiger charge is -2.19. The number of unbranched alkanes of at least 4 members (excludes halogenated alkanes) is 6. The van der Waals surface area contributed by atoms with Crippen molar-refractivity contribution >= 4 is 152 Å². The highest BCUT2D eigenvalue weighted by atomic mass is 35.7. The number of fused-ring (bicyclic) bond motifs is 2. The number of rotatable bonds is 23. The summed E-state index contributed by atoms with van der Waals surface area (Å²) in [5.41, 5.74) is 11.4. The molecule has 0 bridgehead atoms. The van der Waals surface area contributed by atoms with Gasteiger partial charge >= 0.3 is 6.95 Å². The Kier molecular flexibility index (Phi) is 44.4. The number of hydrogen-bond donors (Lipinski definition) is 0. The second kappa shape index (κ2) is 47.1. The zero-order valence-corrected chi connectivity index (χ0v) is 60.2. The van der Waals surface area contributed by atoms with Crippen molar-refractivity contribution in [3.8, 4) is 35.5 Å². The van der Waals surface area contributed by atoms with Gasteiger partial charge in [0.2, 0.25) is 7.37 Å². The summed E-state index contributed by atoms with van der Waals surface area (Å²) in [4.78, 5) is 0. The van der Waals surface area contributed by atoms with E-state index in [0.29, 0.717) is 38.1 Å². The van der Waals surface area contributed by atoms with Crippen LogP contribution < -0.4 is 5.30 Å². The summed E-state index contributed by atoms with van der Waals surface area (Å²) in [5.74, 6) is 8.48. The van der Waals surface area contributed by atoms with Gasteiger partial charge in [-0.3, -0.25) is 22.7 Å². The molecule has 0 radical (unpaired) electrons. The van der Waals surface area contributed by atoms with E-state index in [1.165, 1.54) is 16.7 Å². The molecule has 3 atom stereocenters. The van der Waals surface area contributed by atoms with Gasteiger partial charge < -0.3 is 13.6 Å². The predicted molar refractivity (Wildman–Crippen MR) is 382 cm³/mol. The minimum absolute atomic E-state index is 0.306. The van der Waals surface area contributed by atoms with E-state index in [4.69, 9.17) is 77.6 Å². The van der Waals surface area contributed by atoms with Crippen molar-refractivity contribution in [2.24, 2.45) is 0 Å². The molecule has 5 aromatic carbocycles. The summed E-state index contributed by atoms with van der Waals surface area (Å²) >= 11 is 37.0. The summed E-state index contributed by atoms with van der Waals surface area (Å²) in [6, 6.07) is 31.2. The second-order valence-electron chi connectivity index (χ2n) is 18.5. The molecular formula is C65H81Cl5O9P4S3. The van der Waals surface area contributed by atoms with E-state index in [9.17, 15) is 18.3 Å². The fourth-order valence-corrected chi connectivity index (χ4v) is 13.5. The lowest BCUT2D eigenvalue weighted by atomic mass is 10.0. The number of allylic oxidation sites excluding steroid dienone is 3. The van der Waals surface area contributed by atoms with Crippen LogP contribution in [0.3, 0.4) is 0 Å². The van der Waals surface area contributed by atoms with E-state index in [0.717, 1.165) is 128 Å². The average Bonchev–Trinajstić information content (AvgIpc) is 1.64. The first kappa shape index (κ1) is 81.1. The molecule has 0 fully saturated rings. The maximum absolute atomic E-state index is 13.0. The lowest BCUT2D eigenvalue weighted by Crippen LogP contribution is -2.14. The molecule has 0 spiro atoms. The first-order chi connectivity index (χ1) is 41.0. The lowest BCUT2D eigenvalue weighted by molar-refractivity contribution is 0.235. The molecule has 3 unspecified atom stereocenters. The Bertz CT molecular complexity index is 3200. The summed E-state index contributed by atoms with van der Waals surface area (Å²) in [6.45, 7) is 12.5. The van der Waals surface area contributed by atoms with Crippen LogP contribution in [-0.4, -0.2) is 53.0 Å². The Morgan fingerprint density at radius 2 is 0.907 bits per heavy atom. The first-order valence-corrected chi connectivity index (χ1v) is 40.9. The van der Waals surface area contributed by atoms with Gasteiger partial charge in [0, 0.05) is 107 Å². The zero-order valence-electron chi connectivity index (χ0n) is 50.4. The summed E-state index contributed by atoms with van der Waals surface area (Å²) in [5, 5.41) is 5.92. The number of benzene rings is 5. The van der Waals surface area contributed by atoms with Crippen LogP contribution in [0, 0.1) is 35.5 Å². The minimum Gasteiger partial charge on any atom is -0.326 e. The average molecular weight is 1400 g/mol. The molecular weight excluding hydrogens is 1320 g/mol. The van der Waals surface area contributed by atoms with Gasteiger partial charge in [-0.2, -0.15) is 0 Å². The molecule has 0 heterocycles. The molecule has 21 heteroatoms. The number of aryl methyl sites for hydroxylation is 1. The molecule has 1 aliphatic rings. The molecule has 1 aliphatic carbocycles. The largest absolute Gasteiger partial charge is 0.424 e. The van der Waals surface area contributed by atoms with Crippen molar-refractivity contribution in [2.45, 2.75) is 112 Å². The normalized spacial score (nSPS) is 13.4. The fraction of sp³-hybridized carbons (Fsp3) is 0.385. The molecule has 5 aromatic rings. The third-order valence-electron chi connectivity index (χ3n) is 11.4. The van der Waals surface area contributed by atoms with Crippen LogP contribution in [-0.2, 0) is 85.0 Å². The van der Waals surface area contributed by atoms with Crippen molar-refractivity contribution in [1.82, 2.24) is 0 Å². The molecule has 0 N–H and O–H groups in total. The minimum atomic E-state index is -3.22. The van der Waals surface area contributed by atoms with Crippen molar-refractivity contribution in [3.05, 3.63) is 163 Å². The predicted octanol–water partition coefficient (Wildman–Crippen LogP) is 22.0. The van der Waals surface area contributed by atoms with Crippen LogP contribution in [0.25, 0.3) is 29.0 Å². The summed E-state index contributed by atoms with van der Waals surface area (Å²) < 4.78 is 72.1. The Morgan fingerprint density at radius 3 is 1.28 bits per heavy atom. The highest BCUT2D eigenvalue weighted by Crippen LogP contribution is 2.53. The molecule has 468 valence electrons. The molecule has 0 saturated heterocycles. The van der Waals surface area contributed by atoms with Crippen LogP contribution in [0.2, 0.25) is 20.1 Å². The number of hydrogen-bond acceptors (Lipinski definition) is 11. The molecule has 6 rings (SSSR count). The van der Waals surface area contributed by atoms with Crippen molar-refractivity contribution in [2.75, 3.05) is 53.0 Å². The standard InChI is InChI=1S/C16H18ClO2P.2C16H20ClO2P.C13H13Cl.C4H10ClO3P.S3/c1-3-19-20(2,18)16-14-6-4-5-11(14)9-12-7-8-13(17)10-15(12)16;2*1-3-19-20(2,18)14-8-6-4-5-7-9-15-10-12-16(17)13-11-15;1-2-3-4-5-6-7-12-8-10-13(14)11-9-12;1-3-7-9(5,6)8-4-2;1-3-2/h7-10H,3-6H2,1-2H3;2*7,9-13H,3-6H2,1-2H3;1,6-11H,3-5H2;3-4H2,1-2H3;/b;2*9-7+;7-6+;;. The molecule has 9 nitrogen and oxygen atoms in total. The van der Waals surface area contributed by atoms with E-state index in [-0.39, 0.29) is 0 Å². The Hall–Kier alpha value is -2.91. The van der Waals surface area contributed by atoms with Crippen LogP contribution in [0.5, 0.6) is 0 Å². The monoisotopic (exact) mass is 1400 g/mol. The number of halogens is 5. The van der Waals surface area contributed by atoms with Crippen molar-refractivity contribution in [3.63, 3.8) is 0 Å². The highest BCUT2D eigenvalue weighted by molar-refractivity contribution is 8.37. The van der Waals surface area contributed by atoms with Gasteiger partial charge in [-0.15, -0.1) is 12.3 Å². The van der Waals surface area contributed by atoms with Crippen LogP contribution in [0.1, 0.15) is 127 Å². The first-order valence-electron chi connectivity index (χ1n) is 28.1. The van der Waals surface area contributed by atoms with Gasteiger partial charge in [-0.1, -0.05) is 143 Å². The second-order valence-corrected chi connectivity index (χ2v) is 31.4. The Morgan fingerprint density at radius 1 is 0.535 bits per heavy atom. The quantitative estimate of drug-likeness (QED) is 0.0354. The summed E-state index contributed by atoms with van der Waals surface area (Å²) in [6.07, 6.45) is 29.1. The third kappa shape index (κ3) is 37.9. The van der Waals surface area contributed by atoms with Gasteiger partial charge in [0.15, 0.2) is 0 Å². The third-order valence-corrected chi connectivity index (χ3v) is 18.8. The number of terminal acetylenes is 1. The van der Waals surface area contributed by atoms with Crippen LogP contribution in [0.4, 0.5) is 0 Å². The van der Waals surface area contributed by atoms with E-state index in [2.05, 4.69) is 103 Å². The van der Waals surface area contributed by atoms with E-state index >= 15 is 0 Å². The Labute approximate surface area is 552 Å². The SMILES string of the molecule is C#CCCC/C=C/c1ccc(Cl)cc1.CCOP(=O)(Cl)OCC.CCOP(C)(=O)C#CCCC/C=C/c1ccc(Cl)cc1.CCOP(C)(=O)C#CCCC/C=C/c1ccc(Cl)cc1.CCOP(C)(=O)c1c2c(cc3ccc(Cl)cc13)CCC2.S=S=S. The van der Waals surface area contributed by atoms with Gasteiger partial charge in [0.1, 0.15) is 0 Å². The van der Waals surface area contributed by atoms with Crippen molar-refractivity contribution in [1.29, 1.82) is 0 Å². The summed E-state index contributed by atoms with van der Waals surface area (Å²) in [7, 11) is -7.28.